The zero-order valence-corrected chi connectivity index (χ0v) is 12.7. The molecule has 2 amide bonds. The first-order valence-corrected chi connectivity index (χ1v) is 7.11. The quantitative estimate of drug-likeness (QED) is 0.927. The molecule has 0 spiro atoms. The van der Waals surface area contributed by atoms with Crippen LogP contribution in [-0.2, 0) is 4.79 Å². The summed E-state index contributed by atoms with van der Waals surface area (Å²) in [6.07, 6.45) is -0.582. The SMILES string of the molecule is CC1Oc2cc(NC(=O)c3cccc(F)c3)ccc2N(C)C1=O. The van der Waals surface area contributed by atoms with Gasteiger partial charge < -0.3 is 15.0 Å². The average Bonchev–Trinajstić information content (AvgIpc) is 2.52. The number of ether oxygens (including phenoxy) is 1. The largest absolute Gasteiger partial charge is 0.479 e. The number of fused-ring (bicyclic) bond motifs is 1. The number of likely N-dealkylation sites (N-methyl/N-ethyl adjacent to an activating group) is 1. The van der Waals surface area contributed by atoms with Crippen molar-refractivity contribution >= 4 is 23.2 Å². The minimum absolute atomic E-state index is 0.131. The van der Waals surface area contributed by atoms with Gasteiger partial charge >= 0.3 is 0 Å². The van der Waals surface area contributed by atoms with Gasteiger partial charge in [-0.3, -0.25) is 9.59 Å². The van der Waals surface area contributed by atoms with Gasteiger partial charge in [-0.05, 0) is 37.3 Å². The average molecular weight is 314 g/mol. The predicted octanol–water partition coefficient (Wildman–Crippen LogP) is 2.82. The standard InChI is InChI=1S/C17H15FN2O3/c1-10-17(22)20(2)14-7-6-13(9-15(14)23-10)19-16(21)11-4-3-5-12(18)8-11/h3-10H,1-2H3,(H,19,21). The van der Waals surface area contributed by atoms with Crippen LogP contribution in [0.5, 0.6) is 5.75 Å². The van der Waals surface area contributed by atoms with Crippen molar-refractivity contribution in [2.75, 3.05) is 17.3 Å². The van der Waals surface area contributed by atoms with Gasteiger partial charge in [-0.25, -0.2) is 4.39 Å². The summed E-state index contributed by atoms with van der Waals surface area (Å²) in [4.78, 5) is 25.5. The van der Waals surface area contributed by atoms with Crippen LogP contribution in [0.3, 0.4) is 0 Å². The third kappa shape index (κ3) is 2.88. The van der Waals surface area contributed by atoms with Crippen LogP contribution in [0.2, 0.25) is 0 Å². The topological polar surface area (TPSA) is 58.6 Å². The Kier molecular flexibility index (Phi) is 3.73. The zero-order chi connectivity index (χ0) is 16.6. The van der Waals surface area contributed by atoms with Gasteiger partial charge in [0.2, 0.25) is 0 Å². The summed E-state index contributed by atoms with van der Waals surface area (Å²) in [6, 6.07) is 10.5. The molecule has 2 aromatic carbocycles. The highest BCUT2D eigenvalue weighted by Crippen LogP contribution is 2.35. The predicted molar refractivity (Wildman–Crippen MR) is 84.3 cm³/mol. The van der Waals surface area contributed by atoms with Gasteiger partial charge in [-0.1, -0.05) is 6.07 Å². The summed E-state index contributed by atoms with van der Waals surface area (Å²) in [6.45, 7) is 1.67. The van der Waals surface area contributed by atoms with Crippen molar-refractivity contribution in [2.45, 2.75) is 13.0 Å². The van der Waals surface area contributed by atoms with Gasteiger partial charge in [-0.2, -0.15) is 0 Å². The van der Waals surface area contributed by atoms with Gasteiger partial charge in [0.15, 0.2) is 6.10 Å². The second kappa shape index (κ2) is 5.72. The molecule has 118 valence electrons. The molecule has 6 heteroatoms. The molecule has 1 N–H and O–H groups in total. The normalized spacial score (nSPS) is 16.6. The molecular formula is C17H15FN2O3. The highest BCUT2D eigenvalue weighted by Gasteiger charge is 2.29. The Bertz CT molecular complexity index is 791. The van der Waals surface area contributed by atoms with Crippen LogP contribution in [0.25, 0.3) is 0 Å². The molecule has 0 fully saturated rings. The van der Waals surface area contributed by atoms with Gasteiger partial charge in [0, 0.05) is 24.4 Å². The second-order valence-electron chi connectivity index (χ2n) is 5.30. The molecule has 0 saturated carbocycles. The molecule has 1 atom stereocenters. The summed E-state index contributed by atoms with van der Waals surface area (Å²) >= 11 is 0. The van der Waals surface area contributed by atoms with Crippen LogP contribution in [0.1, 0.15) is 17.3 Å². The number of nitrogens with zero attached hydrogens (tertiary/aromatic N) is 1. The van der Waals surface area contributed by atoms with Crippen molar-refractivity contribution in [2.24, 2.45) is 0 Å². The molecule has 1 heterocycles. The van der Waals surface area contributed by atoms with E-state index in [9.17, 15) is 14.0 Å². The summed E-state index contributed by atoms with van der Waals surface area (Å²) in [5, 5.41) is 2.69. The monoisotopic (exact) mass is 314 g/mol. The van der Waals surface area contributed by atoms with Crippen LogP contribution in [0.4, 0.5) is 15.8 Å². The molecule has 1 aliphatic rings. The lowest BCUT2D eigenvalue weighted by Gasteiger charge is -2.30. The number of halogens is 1. The number of hydrogen-bond acceptors (Lipinski definition) is 3. The Morgan fingerprint density at radius 3 is 2.78 bits per heavy atom. The molecule has 0 saturated heterocycles. The molecule has 0 radical (unpaired) electrons. The van der Waals surface area contributed by atoms with E-state index in [1.54, 1.807) is 32.2 Å². The fourth-order valence-electron chi connectivity index (χ4n) is 2.43. The summed E-state index contributed by atoms with van der Waals surface area (Å²) in [5.41, 5.74) is 1.37. The summed E-state index contributed by atoms with van der Waals surface area (Å²) < 4.78 is 18.7. The first kappa shape index (κ1) is 15.0. The Morgan fingerprint density at radius 2 is 2.04 bits per heavy atom. The van der Waals surface area contributed by atoms with E-state index in [-0.39, 0.29) is 11.5 Å². The van der Waals surface area contributed by atoms with Crippen molar-refractivity contribution in [3.05, 3.63) is 53.8 Å². The number of benzene rings is 2. The zero-order valence-electron chi connectivity index (χ0n) is 12.7. The van der Waals surface area contributed by atoms with Crippen molar-refractivity contribution in [3.8, 4) is 5.75 Å². The second-order valence-corrected chi connectivity index (χ2v) is 5.30. The van der Waals surface area contributed by atoms with E-state index in [0.29, 0.717) is 17.1 Å². The van der Waals surface area contributed by atoms with E-state index in [2.05, 4.69) is 5.32 Å². The molecule has 0 aliphatic carbocycles. The Labute approximate surface area is 132 Å². The fraction of sp³-hybridized carbons (Fsp3) is 0.176. The van der Waals surface area contributed by atoms with E-state index < -0.39 is 17.8 Å². The number of carbonyl (C=O) groups excluding carboxylic acids is 2. The van der Waals surface area contributed by atoms with Gasteiger partial charge in [0.05, 0.1) is 5.69 Å². The van der Waals surface area contributed by atoms with Crippen LogP contribution in [-0.4, -0.2) is 25.0 Å². The number of rotatable bonds is 2. The van der Waals surface area contributed by atoms with Crippen molar-refractivity contribution < 1.29 is 18.7 Å². The van der Waals surface area contributed by atoms with E-state index in [1.165, 1.54) is 29.2 Å². The maximum atomic E-state index is 13.2. The Hall–Kier alpha value is -2.89. The van der Waals surface area contributed by atoms with Gasteiger partial charge in [0.25, 0.3) is 11.8 Å². The summed E-state index contributed by atoms with van der Waals surface area (Å²) in [7, 11) is 1.67. The van der Waals surface area contributed by atoms with E-state index in [4.69, 9.17) is 4.74 Å². The number of carbonyl (C=O) groups is 2. The third-order valence-electron chi connectivity index (χ3n) is 3.65. The fourth-order valence-corrected chi connectivity index (χ4v) is 2.43. The van der Waals surface area contributed by atoms with Crippen molar-refractivity contribution in [1.82, 2.24) is 0 Å². The van der Waals surface area contributed by atoms with Crippen molar-refractivity contribution in [1.29, 1.82) is 0 Å². The highest BCUT2D eigenvalue weighted by molar-refractivity contribution is 6.05. The Balaban J connectivity index is 1.84. The molecule has 0 bridgehead atoms. The number of amides is 2. The summed E-state index contributed by atoms with van der Waals surface area (Å²) in [5.74, 6) is -0.510. The van der Waals surface area contributed by atoms with Gasteiger partial charge in [0.1, 0.15) is 11.6 Å². The van der Waals surface area contributed by atoms with Crippen LogP contribution < -0.4 is 15.0 Å². The highest BCUT2D eigenvalue weighted by atomic mass is 19.1. The smallest absolute Gasteiger partial charge is 0.267 e. The van der Waals surface area contributed by atoms with Crippen LogP contribution in [0, 0.1) is 5.82 Å². The lowest BCUT2D eigenvalue weighted by atomic mass is 10.1. The molecule has 5 nitrogen and oxygen atoms in total. The minimum Gasteiger partial charge on any atom is -0.479 e. The minimum atomic E-state index is -0.582. The third-order valence-corrected chi connectivity index (χ3v) is 3.65. The molecule has 0 aromatic heterocycles. The molecule has 3 rings (SSSR count). The number of nitrogens with one attached hydrogen (secondary N) is 1. The molecule has 1 unspecified atom stereocenters. The lowest BCUT2D eigenvalue weighted by molar-refractivity contribution is -0.125. The van der Waals surface area contributed by atoms with Gasteiger partial charge in [-0.15, -0.1) is 0 Å². The number of anilines is 2. The molecular weight excluding hydrogens is 299 g/mol. The number of hydrogen-bond donors (Lipinski definition) is 1. The maximum absolute atomic E-state index is 13.2. The molecule has 2 aromatic rings. The Morgan fingerprint density at radius 1 is 1.26 bits per heavy atom. The van der Waals surface area contributed by atoms with Crippen LogP contribution in [0.15, 0.2) is 42.5 Å². The maximum Gasteiger partial charge on any atom is 0.267 e. The van der Waals surface area contributed by atoms with Crippen LogP contribution >= 0.6 is 0 Å². The van der Waals surface area contributed by atoms with Crippen molar-refractivity contribution in [3.63, 3.8) is 0 Å². The van der Waals surface area contributed by atoms with E-state index in [1.807, 2.05) is 0 Å². The van der Waals surface area contributed by atoms with E-state index >= 15 is 0 Å². The molecule has 1 aliphatic heterocycles. The lowest BCUT2D eigenvalue weighted by Crippen LogP contribution is -2.41. The molecule has 23 heavy (non-hydrogen) atoms. The van der Waals surface area contributed by atoms with E-state index in [0.717, 1.165) is 0 Å². The first-order chi connectivity index (χ1) is 11.0. The first-order valence-electron chi connectivity index (χ1n) is 7.11.